The number of aryl methyl sites for hydroxylation is 1. The van der Waals surface area contributed by atoms with Crippen molar-refractivity contribution in [2.75, 3.05) is 0 Å². The Bertz CT molecular complexity index is 3230. The normalized spacial score (nSPS) is 16.6. The van der Waals surface area contributed by atoms with Crippen molar-refractivity contribution >= 4 is 27.1 Å². The summed E-state index contributed by atoms with van der Waals surface area (Å²) in [5, 5.41) is 4.90. The summed E-state index contributed by atoms with van der Waals surface area (Å²) in [6.45, 7) is 0. The van der Waals surface area contributed by atoms with Gasteiger partial charge in [0.15, 0.2) is 0 Å². The lowest BCUT2D eigenvalue weighted by atomic mass is 9.67. The molecule has 260 valence electrons. The number of benzene rings is 9. The highest BCUT2D eigenvalue weighted by Gasteiger charge is 2.53. The zero-order valence-electron chi connectivity index (χ0n) is 30.6. The Morgan fingerprint density at radius 2 is 0.946 bits per heavy atom. The fourth-order valence-electron chi connectivity index (χ4n) is 11.1. The molecule has 0 N–H and O–H groups in total. The van der Waals surface area contributed by atoms with Gasteiger partial charge in [-0.25, -0.2) is 0 Å². The molecule has 0 saturated heterocycles. The van der Waals surface area contributed by atoms with E-state index in [9.17, 15) is 0 Å². The maximum atomic E-state index is 6.47. The number of fused-ring (bicyclic) bond motifs is 14. The quantitative estimate of drug-likeness (QED) is 0.174. The highest BCUT2D eigenvalue weighted by atomic mass is 16.5. The van der Waals surface area contributed by atoms with Gasteiger partial charge in [-0.2, -0.15) is 0 Å². The third kappa shape index (κ3) is 3.80. The second-order valence-corrected chi connectivity index (χ2v) is 15.8. The first kappa shape index (κ1) is 30.4. The van der Waals surface area contributed by atoms with Gasteiger partial charge >= 0.3 is 0 Å². The molecule has 0 bridgehead atoms. The molecule has 1 nitrogen and oxygen atoms in total. The van der Waals surface area contributed by atoms with Crippen molar-refractivity contribution in [3.63, 3.8) is 0 Å². The Hall–Kier alpha value is -6.96. The molecule has 3 aliphatic carbocycles. The van der Waals surface area contributed by atoms with Gasteiger partial charge in [0.05, 0.1) is 5.41 Å². The Labute approximate surface area is 325 Å². The van der Waals surface area contributed by atoms with Gasteiger partial charge in [-0.1, -0.05) is 164 Å². The topological polar surface area (TPSA) is 9.23 Å². The van der Waals surface area contributed by atoms with Gasteiger partial charge in [0.2, 0.25) is 0 Å². The largest absolute Gasteiger partial charge is 0.456 e. The van der Waals surface area contributed by atoms with E-state index in [1.165, 1.54) is 99.4 Å². The molecule has 0 aromatic heterocycles. The molecule has 1 heteroatoms. The van der Waals surface area contributed by atoms with Gasteiger partial charge in [-0.05, 0) is 131 Å². The lowest BCUT2D eigenvalue weighted by Crippen LogP contribution is -2.28. The highest BCUT2D eigenvalue weighted by Crippen LogP contribution is 2.65. The predicted molar refractivity (Wildman–Crippen MR) is 230 cm³/mol. The molecule has 1 heterocycles. The molecule has 9 aromatic rings. The maximum absolute atomic E-state index is 6.47. The lowest BCUT2D eigenvalue weighted by Gasteiger charge is -2.34. The second kappa shape index (κ2) is 11.1. The van der Waals surface area contributed by atoms with Crippen LogP contribution >= 0.6 is 0 Å². The number of rotatable bonds is 2. The number of ether oxygens (including phenoxy) is 1. The third-order valence-corrected chi connectivity index (χ3v) is 13.3. The summed E-state index contributed by atoms with van der Waals surface area (Å²) in [5.74, 6) is 1.83. The Morgan fingerprint density at radius 1 is 0.357 bits per heavy atom. The summed E-state index contributed by atoms with van der Waals surface area (Å²) in [4.78, 5) is 0. The van der Waals surface area contributed by atoms with Crippen molar-refractivity contribution < 1.29 is 4.74 Å². The summed E-state index contributed by atoms with van der Waals surface area (Å²) in [7, 11) is 0. The van der Waals surface area contributed by atoms with Crippen molar-refractivity contribution in [1.29, 1.82) is 0 Å². The van der Waals surface area contributed by atoms with E-state index in [1.54, 1.807) is 5.57 Å². The van der Waals surface area contributed by atoms with Gasteiger partial charge in [0.1, 0.15) is 11.5 Å². The van der Waals surface area contributed by atoms with Crippen LogP contribution in [0.5, 0.6) is 11.5 Å². The van der Waals surface area contributed by atoms with Gasteiger partial charge in [0, 0.05) is 10.9 Å². The zero-order chi connectivity index (χ0) is 36.5. The second-order valence-electron chi connectivity index (χ2n) is 15.8. The van der Waals surface area contributed by atoms with E-state index in [0.29, 0.717) is 0 Å². The number of hydrogen-bond acceptors (Lipinski definition) is 1. The smallest absolute Gasteiger partial charge is 0.135 e. The molecule has 1 unspecified atom stereocenters. The maximum Gasteiger partial charge on any atom is 0.135 e. The first-order chi connectivity index (χ1) is 27.8. The molecular formula is C55H34O. The van der Waals surface area contributed by atoms with Crippen LogP contribution in [0.2, 0.25) is 0 Å². The summed E-state index contributed by atoms with van der Waals surface area (Å²) < 4.78 is 6.47. The van der Waals surface area contributed by atoms with E-state index in [1.807, 2.05) is 6.07 Å². The van der Waals surface area contributed by atoms with Gasteiger partial charge in [-0.3, -0.25) is 0 Å². The molecule has 1 spiro atoms. The minimum absolute atomic E-state index is 0.332. The fourth-order valence-corrected chi connectivity index (χ4v) is 11.1. The summed E-state index contributed by atoms with van der Waals surface area (Å²) in [5.41, 5.74) is 21.2. The molecule has 0 fully saturated rings. The van der Waals surface area contributed by atoms with Crippen LogP contribution in [0.25, 0.3) is 71.6 Å². The summed E-state index contributed by atoms with van der Waals surface area (Å²) in [6, 6.07) is 67.9. The monoisotopic (exact) mass is 710 g/mol. The van der Waals surface area contributed by atoms with Crippen LogP contribution in [0.3, 0.4) is 0 Å². The molecule has 0 amide bonds. The van der Waals surface area contributed by atoms with Gasteiger partial charge < -0.3 is 4.74 Å². The van der Waals surface area contributed by atoms with Crippen molar-refractivity contribution in [2.24, 2.45) is 0 Å². The van der Waals surface area contributed by atoms with E-state index >= 15 is 0 Å². The average Bonchev–Trinajstić information content (AvgIpc) is 3.74. The first-order valence-electron chi connectivity index (χ1n) is 19.8. The van der Waals surface area contributed by atoms with Crippen molar-refractivity contribution in [1.82, 2.24) is 0 Å². The Balaban J connectivity index is 1.03. The number of allylic oxidation sites excluding steroid dienone is 1. The standard InChI is InChI=1S/C55H34O/c1-2-13-36-33(12-1)25-30-49-53(36)46-18-6-9-22-48(46)55(49)47-21-8-5-16-41(47)42-26-24-34(32-50(42)55)35-27-28-39(38-15-4-3-14-37(35)38)40-29-31-52-54-44(40)19-11-20-45(54)43-17-7-10-23-51(43)56-52/h1-24,26-29,31-32H,25,30H2. The molecule has 1 aliphatic heterocycles. The summed E-state index contributed by atoms with van der Waals surface area (Å²) in [6.07, 6.45) is 2.10. The third-order valence-electron chi connectivity index (χ3n) is 13.3. The SMILES string of the molecule is c1ccc2c(c1)CCC1=C2c2ccccc2C12c1ccccc1-c1ccc(-c3ccc(-c4ccc5c6c(cccc46)-c4ccccc4O5)c4ccccc34)cc12. The van der Waals surface area contributed by atoms with Crippen molar-refractivity contribution in [3.8, 4) is 56.0 Å². The molecule has 56 heavy (non-hydrogen) atoms. The number of hydrogen-bond donors (Lipinski definition) is 0. The fraction of sp³-hybridized carbons (Fsp3) is 0.0545. The first-order valence-corrected chi connectivity index (χ1v) is 19.8. The molecule has 13 rings (SSSR count). The van der Waals surface area contributed by atoms with E-state index in [4.69, 9.17) is 4.74 Å². The van der Waals surface area contributed by atoms with Crippen LogP contribution in [0.1, 0.15) is 39.8 Å². The van der Waals surface area contributed by atoms with Crippen LogP contribution in [-0.2, 0) is 11.8 Å². The minimum Gasteiger partial charge on any atom is -0.456 e. The van der Waals surface area contributed by atoms with E-state index in [2.05, 4.69) is 176 Å². The minimum atomic E-state index is -0.332. The van der Waals surface area contributed by atoms with Crippen LogP contribution in [0.4, 0.5) is 0 Å². The van der Waals surface area contributed by atoms with Crippen molar-refractivity contribution in [3.05, 3.63) is 221 Å². The average molecular weight is 711 g/mol. The zero-order valence-corrected chi connectivity index (χ0v) is 30.6. The molecular weight excluding hydrogens is 677 g/mol. The van der Waals surface area contributed by atoms with Crippen LogP contribution in [0.15, 0.2) is 188 Å². The van der Waals surface area contributed by atoms with Crippen LogP contribution < -0.4 is 4.74 Å². The van der Waals surface area contributed by atoms with Crippen LogP contribution in [-0.4, -0.2) is 0 Å². The molecule has 1 atom stereocenters. The van der Waals surface area contributed by atoms with Crippen LogP contribution in [0, 0.1) is 0 Å². The van der Waals surface area contributed by atoms with E-state index in [-0.39, 0.29) is 5.41 Å². The highest BCUT2D eigenvalue weighted by molar-refractivity contribution is 6.14. The number of para-hydroxylation sites is 1. The van der Waals surface area contributed by atoms with E-state index < -0.39 is 0 Å². The lowest BCUT2D eigenvalue weighted by molar-refractivity contribution is 0.487. The summed E-state index contributed by atoms with van der Waals surface area (Å²) >= 11 is 0. The van der Waals surface area contributed by atoms with E-state index in [0.717, 1.165) is 29.9 Å². The van der Waals surface area contributed by atoms with Crippen molar-refractivity contribution in [2.45, 2.75) is 18.3 Å². The molecule has 0 radical (unpaired) electrons. The molecule has 4 aliphatic rings. The molecule has 0 saturated carbocycles. The van der Waals surface area contributed by atoms with Gasteiger partial charge in [0.25, 0.3) is 0 Å². The molecule has 9 aromatic carbocycles. The predicted octanol–water partition coefficient (Wildman–Crippen LogP) is 14.2. The Morgan fingerprint density at radius 3 is 1.82 bits per heavy atom. The van der Waals surface area contributed by atoms with Gasteiger partial charge in [-0.15, -0.1) is 0 Å². The Kier molecular flexibility index (Phi) is 6.00.